The Hall–Kier alpha value is -3.96. The minimum absolute atomic E-state index is 0.0136. The molecule has 0 spiro atoms. The number of aromatic nitrogens is 1. The van der Waals surface area contributed by atoms with E-state index in [1.807, 2.05) is 24.3 Å². The van der Waals surface area contributed by atoms with Crippen LogP contribution in [0.2, 0.25) is 0 Å². The Morgan fingerprint density at radius 1 is 0.935 bits per heavy atom. The molecule has 46 heavy (non-hydrogen) atoms. The fraction of sp³-hybridized carbons (Fsp3) is 0.543. The Kier molecular flexibility index (Phi) is 9.33. The van der Waals surface area contributed by atoms with Crippen LogP contribution in [0.4, 0.5) is 0 Å². The molecule has 1 aliphatic carbocycles. The topological polar surface area (TPSA) is 118 Å². The molecule has 6 atom stereocenters. The molecule has 0 amide bonds. The molecule has 6 rings (SSSR count). The molecule has 11 nitrogen and oxygen atoms in total. The quantitative estimate of drug-likeness (QED) is 0.319. The van der Waals surface area contributed by atoms with Crippen LogP contribution in [-0.2, 0) is 36.6 Å². The van der Waals surface area contributed by atoms with Crippen molar-refractivity contribution in [1.82, 2.24) is 9.88 Å². The van der Waals surface area contributed by atoms with E-state index < -0.39 is 18.1 Å². The maximum atomic E-state index is 13.4. The third-order valence-electron chi connectivity index (χ3n) is 10.2. The van der Waals surface area contributed by atoms with Crippen molar-refractivity contribution in [2.45, 2.75) is 50.4 Å². The predicted molar refractivity (Wildman–Crippen MR) is 170 cm³/mol. The average Bonchev–Trinajstić information content (AvgIpc) is 3.46. The van der Waals surface area contributed by atoms with Crippen LogP contribution in [0.3, 0.4) is 0 Å². The van der Waals surface area contributed by atoms with E-state index in [9.17, 15) is 9.59 Å². The average molecular weight is 637 g/mol. The maximum absolute atomic E-state index is 13.4. The van der Waals surface area contributed by atoms with E-state index >= 15 is 0 Å². The number of carbonyl (C=O) groups excluding carboxylic acids is 2. The number of benzene rings is 2. The molecule has 248 valence electrons. The third kappa shape index (κ3) is 5.75. The van der Waals surface area contributed by atoms with E-state index in [1.165, 1.54) is 23.8 Å². The van der Waals surface area contributed by atoms with E-state index in [2.05, 4.69) is 16.0 Å². The van der Waals surface area contributed by atoms with Crippen LogP contribution in [0.25, 0.3) is 10.9 Å². The number of piperidine rings is 1. The number of ether oxygens (including phenoxy) is 7. The van der Waals surface area contributed by atoms with Gasteiger partial charge in [-0.05, 0) is 72.9 Å². The lowest BCUT2D eigenvalue weighted by atomic mass is 9.63. The van der Waals surface area contributed by atoms with Gasteiger partial charge in [0.2, 0.25) is 5.75 Å². The van der Waals surface area contributed by atoms with Gasteiger partial charge in [0.05, 0.1) is 47.5 Å². The molecule has 3 heterocycles. The van der Waals surface area contributed by atoms with Crippen molar-refractivity contribution >= 4 is 22.8 Å². The first kappa shape index (κ1) is 32.0. The highest BCUT2D eigenvalue weighted by atomic mass is 16.6. The number of nitrogens with one attached hydrogen (secondary N) is 1. The fourth-order valence-corrected chi connectivity index (χ4v) is 8.11. The molecule has 0 unspecified atom stereocenters. The summed E-state index contributed by atoms with van der Waals surface area (Å²) in [5.74, 6) is 1.28. The zero-order valence-corrected chi connectivity index (χ0v) is 27.4. The third-order valence-corrected chi connectivity index (χ3v) is 10.2. The van der Waals surface area contributed by atoms with Crippen molar-refractivity contribution in [2.75, 3.05) is 55.7 Å². The van der Waals surface area contributed by atoms with Crippen LogP contribution in [-0.4, -0.2) is 89.8 Å². The molecule has 0 radical (unpaired) electrons. The van der Waals surface area contributed by atoms with Gasteiger partial charge < -0.3 is 38.1 Å². The van der Waals surface area contributed by atoms with Crippen LogP contribution < -0.4 is 18.9 Å². The molecule has 0 bridgehead atoms. The van der Waals surface area contributed by atoms with Crippen LogP contribution in [0.15, 0.2) is 30.3 Å². The SMILES string of the molecule is COC(=O)[C@@H]1[C@@H]2C[C@H]3c4[nH]c5cc(OC)ccc5c4CCN3C[C@H]2C[C@H](OC(=O)CCc2cc(OC)c(OC)c(OC)c2)[C@@H]1OC. The maximum Gasteiger partial charge on any atom is 0.311 e. The Morgan fingerprint density at radius 3 is 2.35 bits per heavy atom. The zero-order valence-electron chi connectivity index (χ0n) is 27.4. The number of carbonyl (C=O) groups is 2. The summed E-state index contributed by atoms with van der Waals surface area (Å²) in [6, 6.07) is 9.98. The van der Waals surface area contributed by atoms with Gasteiger partial charge in [-0.3, -0.25) is 14.5 Å². The minimum Gasteiger partial charge on any atom is -0.497 e. The second-order valence-electron chi connectivity index (χ2n) is 12.4. The molecule has 1 aromatic heterocycles. The van der Waals surface area contributed by atoms with Gasteiger partial charge in [-0.15, -0.1) is 0 Å². The minimum atomic E-state index is -0.611. The van der Waals surface area contributed by atoms with Crippen LogP contribution >= 0.6 is 0 Å². The molecular formula is C35H44N2O9. The van der Waals surface area contributed by atoms with E-state index in [1.54, 1.807) is 35.5 Å². The van der Waals surface area contributed by atoms with E-state index in [-0.39, 0.29) is 36.2 Å². The first-order valence-corrected chi connectivity index (χ1v) is 15.8. The summed E-state index contributed by atoms with van der Waals surface area (Å²) in [6.07, 6.45) is 1.72. The number of aryl methyl sites for hydroxylation is 1. The first-order chi connectivity index (χ1) is 22.3. The first-order valence-electron chi connectivity index (χ1n) is 15.8. The fourth-order valence-electron chi connectivity index (χ4n) is 8.11. The number of fused-ring (bicyclic) bond motifs is 6. The molecule has 2 aliphatic heterocycles. The van der Waals surface area contributed by atoms with Gasteiger partial charge in [-0.25, -0.2) is 0 Å². The summed E-state index contributed by atoms with van der Waals surface area (Å²) >= 11 is 0. The standard InChI is InChI=1S/C35H44N2O9/c1-40-21-8-9-22-23-11-12-37-18-20-15-29(46-30(38)10-7-19-13-27(41-2)33(43-4)28(14-19)42-3)34(44-5)31(35(39)45-6)24(20)17-26(37)32(23)36-25(22)16-21/h8-9,13-14,16,20,24,26,29,31,34,36H,7,10-12,15,17-18H2,1-6H3/t20-,24-,26+,29+,31-,34+/m1/s1. The second-order valence-corrected chi connectivity index (χ2v) is 12.4. The number of aromatic amines is 1. The van der Waals surface area contributed by atoms with E-state index in [0.717, 1.165) is 42.8 Å². The van der Waals surface area contributed by atoms with Gasteiger partial charge in [0.15, 0.2) is 11.5 Å². The second kappa shape index (κ2) is 13.4. The number of hydrogen-bond acceptors (Lipinski definition) is 10. The van der Waals surface area contributed by atoms with Gasteiger partial charge in [-0.1, -0.05) is 0 Å². The van der Waals surface area contributed by atoms with Crippen molar-refractivity contribution < 1.29 is 42.7 Å². The number of methoxy groups -OCH3 is 6. The summed E-state index contributed by atoms with van der Waals surface area (Å²) in [4.78, 5) is 32.9. The lowest BCUT2D eigenvalue weighted by molar-refractivity contribution is -0.189. The summed E-state index contributed by atoms with van der Waals surface area (Å²) in [7, 11) is 9.33. The normalized spacial score (nSPS) is 25.5. The Labute approximate surface area is 269 Å². The van der Waals surface area contributed by atoms with Gasteiger partial charge in [0.25, 0.3) is 0 Å². The van der Waals surface area contributed by atoms with Gasteiger partial charge in [-0.2, -0.15) is 0 Å². The number of H-pyrrole nitrogens is 1. The highest BCUT2D eigenvalue weighted by Gasteiger charge is 2.54. The van der Waals surface area contributed by atoms with Crippen molar-refractivity contribution in [3.8, 4) is 23.0 Å². The molecule has 3 aliphatic rings. The summed E-state index contributed by atoms with van der Waals surface area (Å²) in [6.45, 7) is 1.73. The van der Waals surface area contributed by atoms with Crippen molar-refractivity contribution in [2.24, 2.45) is 17.8 Å². The van der Waals surface area contributed by atoms with Crippen molar-refractivity contribution in [3.05, 3.63) is 47.2 Å². The summed E-state index contributed by atoms with van der Waals surface area (Å²) < 4.78 is 39.2. The molecule has 3 aromatic rings. The molecule has 11 heteroatoms. The Morgan fingerprint density at radius 2 is 1.70 bits per heavy atom. The zero-order chi connectivity index (χ0) is 32.5. The van der Waals surface area contributed by atoms with Gasteiger partial charge >= 0.3 is 11.9 Å². The lowest BCUT2D eigenvalue weighted by Crippen LogP contribution is -2.58. The number of hydrogen-bond donors (Lipinski definition) is 1. The summed E-state index contributed by atoms with van der Waals surface area (Å²) in [5, 5.41) is 1.22. The molecular weight excluding hydrogens is 592 g/mol. The predicted octanol–water partition coefficient (Wildman–Crippen LogP) is 4.49. The molecule has 2 aromatic carbocycles. The van der Waals surface area contributed by atoms with Gasteiger partial charge in [0, 0.05) is 49.3 Å². The molecule has 1 saturated carbocycles. The highest BCUT2D eigenvalue weighted by Crippen LogP contribution is 2.50. The largest absolute Gasteiger partial charge is 0.497 e. The summed E-state index contributed by atoms with van der Waals surface area (Å²) in [5.41, 5.74) is 4.47. The number of rotatable bonds is 10. The smallest absolute Gasteiger partial charge is 0.311 e. The van der Waals surface area contributed by atoms with Crippen LogP contribution in [0, 0.1) is 17.8 Å². The Balaban J connectivity index is 1.20. The monoisotopic (exact) mass is 636 g/mol. The van der Waals surface area contributed by atoms with E-state index in [0.29, 0.717) is 30.1 Å². The number of nitrogens with zero attached hydrogens (tertiary/aromatic N) is 1. The molecule has 2 fully saturated rings. The number of esters is 2. The van der Waals surface area contributed by atoms with Crippen molar-refractivity contribution in [3.63, 3.8) is 0 Å². The van der Waals surface area contributed by atoms with E-state index in [4.69, 9.17) is 33.2 Å². The van der Waals surface area contributed by atoms with Crippen LogP contribution in [0.1, 0.15) is 42.1 Å². The van der Waals surface area contributed by atoms with Crippen LogP contribution in [0.5, 0.6) is 23.0 Å². The molecule has 1 N–H and O–H groups in total. The Bertz CT molecular complexity index is 1560. The van der Waals surface area contributed by atoms with Gasteiger partial charge in [0.1, 0.15) is 18.0 Å². The molecule has 1 saturated heterocycles. The van der Waals surface area contributed by atoms with Crippen molar-refractivity contribution in [1.29, 1.82) is 0 Å². The highest BCUT2D eigenvalue weighted by molar-refractivity contribution is 5.86. The lowest BCUT2D eigenvalue weighted by Gasteiger charge is -2.52.